The van der Waals surface area contributed by atoms with Crippen molar-refractivity contribution < 1.29 is 22.7 Å². The van der Waals surface area contributed by atoms with E-state index in [4.69, 9.17) is 10.8 Å². The van der Waals surface area contributed by atoms with Crippen LogP contribution in [0.25, 0.3) is 0 Å². The predicted molar refractivity (Wildman–Crippen MR) is 52.6 cm³/mol. The second kappa shape index (κ2) is 5.47. The number of hydrogen-bond acceptors (Lipinski definition) is 2. The Labute approximate surface area is 95.5 Å². The number of aliphatic hydroxyl groups is 1. The van der Waals surface area contributed by atoms with Crippen molar-refractivity contribution in [2.24, 2.45) is 5.73 Å². The van der Waals surface area contributed by atoms with E-state index in [1.807, 2.05) is 0 Å². The first-order valence-electron chi connectivity index (χ1n) is 4.08. The van der Waals surface area contributed by atoms with E-state index in [9.17, 15) is 17.6 Å². The molecule has 1 aromatic carbocycles. The standard InChI is InChI=1S/C9H9F4NO.ClH/c10-6-3-1-2-5(7(6)11)8(14)9(12,13)4-15;/h1-3,8,15H,4,14H2;1H/t8-;/m0./s1. The molecule has 1 rings (SSSR count). The summed E-state index contributed by atoms with van der Waals surface area (Å²) in [6.45, 7) is -1.52. The van der Waals surface area contributed by atoms with Gasteiger partial charge < -0.3 is 10.8 Å². The molecule has 0 aliphatic rings. The van der Waals surface area contributed by atoms with Crippen molar-refractivity contribution >= 4 is 12.4 Å². The fraction of sp³-hybridized carbons (Fsp3) is 0.333. The first-order chi connectivity index (χ1) is 6.90. The van der Waals surface area contributed by atoms with Crippen LogP contribution < -0.4 is 5.73 Å². The Morgan fingerprint density at radius 3 is 2.38 bits per heavy atom. The van der Waals surface area contributed by atoms with Crippen molar-refractivity contribution in [3.8, 4) is 0 Å². The first-order valence-corrected chi connectivity index (χ1v) is 4.08. The van der Waals surface area contributed by atoms with Crippen LogP contribution in [-0.4, -0.2) is 17.6 Å². The Morgan fingerprint density at radius 2 is 1.88 bits per heavy atom. The average molecular weight is 260 g/mol. The molecular formula is C9H10ClF4NO. The molecule has 0 aromatic heterocycles. The largest absolute Gasteiger partial charge is 0.390 e. The molecule has 0 unspecified atom stereocenters. The summed E-state index contributed by atoms with van der Waals surface area (Å²) in [4.78, 5) is 0. The molecule has 3 N–H and O–H groups in total. The first kappa shape index (κ1) is 15.2. The smallest absolute Gasteiger partial charge is 0.289 e. The molecule has 0 amide bonds. The van der Waals surface area contributed by atoms with Crippen molar-refractivity contribution in [2.45, 2.75) is 12.0 Å². The normalized spacial score (nSPS) is 13.1. The second-order valence-corrected chi connectivity index (χ2v) is 3.04. The Bertz CT molecular complexity index is 361. The Hall–Kier alpha value is -0.850. The maximum Gasteiger partial charge on any atom is 0.289 e. The van der Waals surface area contributed by atoms with E-state index in [1.165, 1.54) is 0 Å². The Kier molecular flexibility index (Phi) is 5.18. The van der Waals surface area contributed by atoms with Gasteiger partial charge in [0.1, 0.15) is 6.61 Å². The van der Waals surface area contributed by atoms with Crippen LogP contribution in [0.5, 0.6) is 0 Å². The topological polar surface area (TPSA) is 46.2 Å². The molecule has 92 valence electrons. The maximum atomic E-state index is 13.0. The highest BCUT2D eigenvalue weighted by molar-refractivity contribution is 5.85. The lowest BCUT2D eigenvalue weighted by atomic mass is 10.0. The maximum absolute atomic E-state index is 13.0. The van der Waals surface area contributed by atoms with Gasteiger partial charge in [0.05, 0.1) is 6.04 Å². The number of alkyl halides is 2. The van der Waals surface area contributed by atoms with Crippen molar-refractivity contribution in [3.05, 3.63) is 35.4 Å². The fourth-order valence-corrected chi connectivity index (χ4v) is 1.09. The molecule has 0 bridgehead atoms. The molecule has 0 fully saturated rings. The van der Waals surface area contributed by atoms with Gasteiger partial charge in [0.25, 0.3) is 5.92 Å². The van der Waals surface area contributed by atoms with E-state index in [2.05, 4.69) is 0 Å². The van der Waals surface area contributed by atoms with Gasteiger partial charge >= 0.3 is 0 Å². The molecule has 1 aromatic rings. The number of aliphatic hydroxyl groups excluding tert-OH is 1. The second-order valence-electron chi connectivity index (χ2n) is 3.04. The van der Waals surface area contributed by atoms with Crippen LogP contribution in [0, 0.1) is 11.6 Å². The third-order valence-electron chi connectivity index (χ3n) is 1.98. The monoisotopic (exact) mass is 259 g/mol. The lowest BCUT2D eigenvalue weighted by Crippen LogP contribution is -2.36. The summed E-state index contributed by atoms with van der Waals surface area (Å²) in [5, 5.41) is 8.34. The molecule has 1 atom stereocenters. The molecule has 7 heteroatoms. The van der Waals surface area contributed by atoms with Gasteiger partial charge in [-0.15, -0.1) is 12.4 Å². The van der Waals surface area contributed by atoms with Crippen molar-refractivity contribution in [1.82, 2.24) is 0 Å². The van der Waals surface area contributed by atoms with Gasteiger partial charge in [-0.25, -0.2) is 17.6 Å². The summed E-state index contributed by atoms with van der Waals surface area (Å²) in [7, 11) is 0. The van der Waals surface area contributed by atoms with Gasteiger partial charge in [-0.3, -0.25) is 0 Å². The van der Waals surface area contributed by atoms with E-state index < -0.39 is 35.8 Å². The summed E-state index contributed by atoms with van der Waals surface area (Å²) < 4.78 is 51.5. The average Bonchev–Trinajstić information content (AvgIpc) is 2.21. The zero-order valence-electron chi connectivity index (χ0n) is 7.96. The minimum absolute atomic E-state index is 0. The van der Waals surface area contributed by atoms with E-state index in [1.54, 1.807) is 0 Å². The lowest BCUT2D eigenvalue weighted by molar-refractivity contribution is -0.0719. The van der Waals surface area contributed by atoms with Crippen molar-refractivity contribution in [3.63, 3.8) is 0 Å². The fourth-order valence-electron chi connectivity index (χ4n) is 1.09. The van der Waals surface area contributed by atoms with E-state index >= 15 is 0 Å². The van der Waals surface area contributed by atoms with Gasteiger partial charge in [-0.2, -0.15) is 0 Å². The van der Waals surface area contributed by atoms with Crippen LogP contribution in [0.4, 0.5) is 17.6 Å². The van der Waals surface area contributed by atoms with Crippen molar-refractivity contribution in [2.75, 3.05) is 6.61 Å². The summed E-state index contributed by atoms with van der Waals surface area (Å²) in [5.41, 5.74) is 4.38. The summed E-state index contributed by atoms with van der Waals surface area (Å²) in [6, 6.07) is 0.745. The highest BCUT2D eigenvalue weighted by Gasteiger charge is 2.39. The SMILES string of the molecule is Cl.N[C@@H](c1cccc(F)c1F)C(F)(F)CO. The molecule has 0 saturated heterocycles. The molecule has 2 nitrogen and oxygen atoms in total. The minimum Gasteiger partial charge on any atom is -0.390 e. The molecule has 0 aliphatic carbocycles. The minimum atomic E-state index is -3.69. The van der Waals surface area contributed by atoms with Crippen molar-refractivity contribution in [1.29, 1.82) is 0 Å². The summed E-state index contributed by atoms with van der Waals surface area (Å²) in [5.74, 6) is -6.36. The number of nitrogens with two attached hydrogens (primary N) is 1. The molecule has 0 spiro atoms. The van der Waals surface area contributed by atoms with Crippen LogP contribution in [0.1, 0.15) is 11.6 Å². The Morgan fingerprint density at radius 1 is 1.31 bits per heavy atom. The number of hydrogen-bond donors (Lipinski definition) is 2. The lowest BCUT2D eigenvalue weighted by Gasteiger charge is -2.21. The third kappa shape index (κ3) is 2.84. The van der Waals surface area contributed by atoms with Crippen LogP contribution >= 0.6 is 12.4 Å². The van der Waals surface area contributed by atoms with Gasteiger partial charge in [0.2, 0.25) is 0 Å². The quantitative estimate of drug-likeness (QED) is 0.816. The van der Waals surface area contributed by atoms with Crippen LogP contribution in [0.2, 0.25) is 0 Å². The molecule has 0 heterocycles. The highest BCUT2D eigenvalue weighted by Crippen LogP contribution is 2.30. The highest BCUT2D eigenvalue weighted by atomic mass is 35.5. The van der Waals surface area contributed by atoms with E-state index in [0.717, 1.165) is 18.2 Å². The Balaban J connectivity index is 0.00000225. The van der Waals surface area contributed by atoms with Gasteiger partial charge in [-0.1, -0.05) is 12.1 Å². The zero-order valence-corrected chi connectivity index (χ0v) is 8.78. The van der Waals surface area contributed by atoms with Crippen LogP contribution in [0.3, 0.4) is 0 Å². The molecule has 0 aliphatic heterocycles. The molecular weight excluding hydrogens is 250 g/mol. The predicted octanol–water partition coefficient (Wildman–Crippen LogP) is 2.01. The number of rotatable bonds is 3. The summed E-state index contributed by atoms with van der Waals surface area (Å²) in [6.07, 6.45) is 0. The van der Waals surface area contributed by atoms with E-state index in [-0.39, 0.29) is 12.4 Å². The van der Waals surface area contributed by atoms with Gasteiger partial charge in [0.15, 0.2) is 11.6 Å². The third-order valence-corrected chi connectivity index (χ3v) is 1.98. The molecule has 16 heavy (non-hydrogen) atoms. The van der Waals surface area contributed by atoms with E-state index in [0.29, 0.717) is 0 Å². The van der Waals surface area contributed by atoms with Crippen LogP contribution in [0.15, 0.2) is 18.2 Å². The summed E-state index contributed by atoms with van der Waals surface area (Å²) >= 11 is 0. The molecule has 0 saturated carbocycles. The van der Waals surface area contributed by atoms with Crippen LogP contribution in [-0.2, 0) is 0 Å². The van der Waals surface area contributed by atoms with Gasteiger partial charge in [-0.05, 0) is 6.07 Å². The number of halogens is 5. The number of benzene rings is 1. The molecule has 0 radical (unpaired) electrons. The zero-order chi connectivity index (χ0) is 11.6. The van der Waals surface area contributed by atoms with Gasteiger partial charge in [0, 0.05) is 5.56 Å².